The van der Waals surface area contributed by atoms with E-state index in [2.05, 4.69) is 53.7 Å². The Hall–Kier alpha value is -1.39. The van der Waals surface area contributed by atoms with Gasteiger partial charge in [0.2, 0.25) is 0 Å². The molecule has 0 saturated heterocycles. The van der Waals surface area contributed by atoms with Crippen LogP contribution in [0.2, 0.25) is 0 Å². The molecule has 2 unspecified atom stereocenters. The minimum atomic E-state index is -0.966. The third-order valence-corrected chi connectivity index (χ3v) is 11.4. The zero-order chi connectivity index (χ0) is 25.3. The highest BCUT2D eigenvalue weighted by Crippen LogP contribution is 2.71. The molecule has 0 heterocycles. The van der Waals surface area contributed by atoms with Crippen molar-refractivity contribution in [3.8, 4) is 0 Å². The van der Waals surface area contributed by atoms with Gasteiger partial charge in [0.05, 0.1) is 12.2 Å². The Morgan fingerprint density at radius 2 is 1.79 bits per heavy atom. The summed E-state index contributed by atoms with van der Waals surface area (Å²) in [6, 6.07) is 0. The fraction of sp³-hybridized carbons (Fsp3) is 0.767. The molecule has 0 spiro atoms. The largest absolute Gasteiger partial charge is 0.478 e. The van der Waals surface area contributed by atoms with E-state index < -0.39 is 12.1 Å². The maximum absolute atomic E-state index is 11.2. The number of carboxylic acids is 1. The van der Waals surface area contributed by atoms with Gasteiger partial charge in [-0.25, -0.2) is 4.79 Å². The van der Waals surface area contributed by atoms with Gasteiger partial charge in [-0.3, -0.25) is 0 Å². The molecule has 0 aliphatic heterocycles. The van der Waals surface area contributed by atoms with Gasteiger partial charge in [-0.15, -0.1) is 0 Å². The highest BCUT2D eigenvalue weighted by Gasteiger charge is 2.63. The number of aliphatic carboxylic acids is 1. The Morgan fingerprint density at radius 3 is 2.44 bits per heavy atom. The van der Waals surface area contributed by atoms with Crippen LogP contribution in [0, 0.1) is 39.4 Å². The molecule has 0 bridgehead atoms. The summed E-state index contributed by atoms with van der Waals surface area (Å²) in [6.07, 6.45) is 12.5. The fourth-order valence-electron chi connectivity index (χ4n) is 8.92. The van der Waals surface area contributed by atoms with Crippen LogP contribution < -0.4 is 0 Å². The number of rotatable bonds is 5. The number of hydrogen-bond donors (Lipinski definition) is 3. The summed E-state index contributed by atoms with van der Waals surface area (Å²) in [5.41, 5.74) is 3.60. The van der Waals surface area contributed by atoms with E-state index in [1.807, 2.05) is 0 Å². The van der Waals surface area contributed by atoms with E-state index in [4.69, 9.17) is 5.11 Å². The van der Waals surface area contributed by atoms with Crippen LogP contribution in [0.3, 0.4) is 0 Å². The highest BCUT2D eigenvalue weighted by molar-refractivity contribution is 5.85. The van der Waals surface area contributed by atoms with E-state index in [9.17, 15) is 15.0 Å². The molecule has 2 saturated carbocycles. The SMILES string of the molecule is C/C(=C\C(O)C[C@@H](C)[C@H]1CC[C@@]2(C)C3=CC[C@H]4C(C)(C)C(O)CC[C@]4(C)C3=CC[C@]12C)C(=O)O. The second-order valence-corrected chi connectivity index (χ2v) is 13.4. The summed E-state index contributed by atoms with van der Waals surface area (Å²) in [5, 5.41) is 30.5. The van der Waals surface area contributed by atoms with Crippen molar-refractivity contribution in [2.45, 2.75) is 106 Å². The van der Waals surface area contributed by atoms with Gasteiger partial charge in [0, 0.05) is 5.57 Å². The van der Waals surface area contributed by atoms with Crippen molar-refractivity contribution in [3.05, 3.63) is 34.9 Å². The maximum atomic E-state index is 11.2. The van der Waals surface area contributed by atoms with Crippen LogP contribution in [0.25, 0.3) is 0 Å². The lowest BCUT2D eigenvalue weighted by Gasteiger charge is -2.61. The summed E-state index contributed by atoms with van der Waals surface area (Å²) >= 11 is 0. The molecule has 4 rings (SSSR count). The molecular formula is C30H46O4. The van der Waals surface area contributed by atoms with Crippen molar-refractivity contribution in [1.82, 2.24) is 0 Å². The predicted octanol–water partition coefficient (Wildman–Crippen LogP) is 6.29. The molecule has 0 aromatic heterocycles. The molecule has 0 radical (unpaired) electrons. The summed E-state index contributed by atoms with van der Waals surface area (Å²) in [4.78, 5) is 11.2. The van der Waals surface area contributed by atoms with Gasteiger partial charge < -0.3 is 15.3 Å². The lowest BCUT2D eigenvalue weighted by atomic mass is 9.44. The first-order chi connectivity index (χ1) is 15.7. The number of carboxylic acid groups (broad SMARTS) is 1. The molecule has 4 heteroatoms. The van der Waals surface area contributed by atoms with Gasteiger partial charge in [-0.1, -0.05) is 53.7 Å². The van der Waals surface area contributed by atoms with Gasteiger partial charge in [-0.2, -0.15) is 0 Å². The molecule has 0 aromatic carbocycles. The zero-order valence-corrected chi connectivity index (χ0v) is 22.3. The van der Waals surface area contributed by atoms with Crippen molar-refractivity contribution in [2.24, 2.45) is 39.4 Å². The van der Waals surface area contributed by atoms with Crippen LogP contribution in [0.5, 0.6) is 0 Å². The third-order valence-electron chi connectivity index (χ3n) is 11.4. The van der Waals surface area contributed by atoms with Crippen LogP contribution in [0.1, 0.15) is 93.4 Å². The van der Waals surface area contributed by atoms with E-state index in [-0.39, 0.29) is 33.3 Å². The Balaban J connectivity index is 1.63. The van der Waals surface area contributed by atoms with Crippen molar-refractivity contribution >= 4 is 5.97 Å². The zero-order valence-electron chi connectivity index (χ0n) is 22.3. The maximum Gasteiger partial charge on any atom is 0.331 e. The van der Waals surface area contributed by atoms with Gasteiger partial charge in [0.1, 0.15) is 0 Å². The summed E-state index contributed by atoms with van der Waals surface area (Å²) < 4.78 is 0. The number of carbonyl (C=O) groups is 1. The Labute approximate surface area is 206 Å². The minimum absolute atomic E-state index is 0.0814. The second kappa shape index (κ2) is 8.34. The number of allylic oxidation sites excluding steroid dienone is 4. The molecule has 4 aliphatic rings. The first-order valence-electron chi connectivity index (χ1n) is 13.4. The van der Waals surface area contributed by atoms with Crippen LogP contribution in [0.15, 0.2) is 34.9 Å². The van der Waals surface area contributed by atoms with Crippen LogP contribution >= 0.6 is 0 Å². The van der Waals surface area contributed by atoms with Crippen molar-refractivity contribution in [1.29, 1.82) is 0 Å². The summed E-state index contributed by atoms with van der Waals surface area (Å²) in [5.74, 6) is 0.291. The van der Waals surface area contributed by atoms with Crippen molar-refractivity contribution in [3.63, 3.8) is 0 Å². The monoisotopic (exact) mass is 470 g/mol. The second-order valence-electron chi connectivity index (χ2n) is 13.4. The number of aliphatic hydroxyl groups excluding tert-OH is 2. The van der Waals surface area contributed by atoms with Gasteiger partial charge in [0.25, 0.3) is 0 Å². The van der Waals surface area contributed by atoms with E-state index in [1.165, 1.54) is 6.08 Å². The first-order valence-corrected chi connectivity index (χ1v) is 13.4. The molecule has 0 aromatic rings. The minimum Gasteiger partial charge on any atom is -0.478 e. The summed E-state index contributed by atoms with van der Waals surface area (Å²) in [6.45, 7) is 15.7. The lowest BCUT2D eigenvalue weighted by Crippen LogP contribution is -2.54. The molecule has 4 aliphatic carbocycles. The fourth-order valence-corrected chi connectivity index (χ4v) is 8.92. The van der Waals surface area contributed by atoms with Crippen molar-refractivity contribution in [2.75, 3.05) is 0 Å². The smallest absolute Gasteiger partial charge is 0.331 e. The Morgan fingerprint density at radius 1 is 1.12 bits per heavy atom. The first kappa shape index (κ1) is 25.7. The Bertz CT molecular complexity index is 941. The van der Waals surface area contributed by atoms with Crippen molar-refractivity contribution < 1.29 is 20.1 Å². The van der Waals surface area contributed by atoms with Gasteiger partial charge in [-0.05, 0) is 109 Å². The quantitative estimate of drug-likeness (QED) is 0.413. The van der Waals surface area contributed by atoms with E-state index in [0.717, 1.165) is 38.5 Å². The van der Waals surface area contributed by atoms with Gasteiger partial charge >= 0.3 is 5.97 Å². The average Bonchev–Trinajstić information content (AvgIpc) is 3.02. The molecule has 34 heavy (non-hydrogen) atoms. The molecule has 8 atom stereocenters. The average molecular weight is 471 g/mol. The Kier molecular flexibility index (Phi) is 6.30. The third kappa shape index (κ3) is 3.58. The van der Waals surface area contributed by atoms with Crippen LogP contribution in [0.4, 0.5) is 0 Å². The standard InChI is InChI=1S/C30H46O4/c1-18(16-20(31)17-19(2)26(33)34)21-10-14-30(7)23-8-9-24-27(3,4)25(32)12-13-28(24,5)22(23)11-15-29(21,30)6/h8,11,17-18,20-21,24-25,31-32H,9-10,12-16H2,1-7H3,(H,33,34)/b19-17+/t18-,20?,21-,24+,25?,28-,29-,30+/m1/s1. The lowest BCUT2D eigenvalue weighted by molar-refractivity contribution is -0.132. The predicted molar refractivity (Wildman–Crippen MR) is 136 cm³/mol. The summed E-state index contributed by atoms with van der Waals surface area (Å²) in [7, 11) is 0. The number of fused-ring (bicyclic) bond motifs is 5. The molecule has 2 fully saturated rings. The van der Waals surface area contributed by atoms with E-state index in [0.29, 0.717) is 24.2 Å². The molecule has 4 nitrogen and oxygen atoms in total. The molecular weight excluding hydrogens is 424 g/mol. The molecule has 190 valence electrons. The van der Waals surface area contributed by atoms with E-state index >= 15 is 0 Å². The molecule has 0 amide bonds. The molecule has 3 N–H and O–H groups in total. The number of aliphatic hydroxyl groups is 2. The normalized spacial score (nSPS) is 43.1. The van der Waals surface area contributed by atoms with Crippen LogP contribution in [-0.2, 0) is 4.79 Å². The topological polar surface area (TPSA) is 77.8 Å². The van der Waals surface area contributed by atoms with Gasteiger partial charge in [0.15, 0.2) is 0 Å². The van der Waals surface area contributed by atoms with Crippen LogP contribution in [-0.4, -0.2) is 33.5 Å². The number of hydrogen-bond acceptors (Lipinski definition) is 3. The highest BCUT2D eigenvalue weighted by atomic mass is 16.4. The van der Waals surface area contributed by atoms with E-state index in [1.54, 1.807) is 18.1 Å².